The van der Waals surface area contributed by atoms with Crippen molar-refractivity contribution in [2.24, 2.45) is 4.99 Å². The number of hydrogen-bond donors (Lipinski definition) is 3. The minimum absolute atomic E-state index is 0. The smallest absolute Gasteiger partial charge is 0.195 e. The molecule has 3 rings (SSSR count). The van der Waals surface area contributed by atoms with Gasteiger partial charge in [-0.2, -0.15) is 0 Å². The van der Waals surface area contributed by atoms with Crippen molar-refractivity contribution in [2.75, 3.05) is 33.1 Å². The van der Waals surface area contributed by atoms with Gasteiger partial charge in [0.15, 0.2) is 17.5 Å². The number of aromatic nitrogens is 1. The van der Waals surface area contributed by atoms with Gasteiger partial charge in [0, 0.05) is 47.5 Å². The van der Waals surface area contributed by atoms with Gasteiger partial charge in [-0.1, -0.05) is 11.6 Å². The number of guanidine groups is 1. The van der Waals surface area contributed by atoms with E-state index in [1.54, 1.807) is 21.3 Å². The Bertz CT molecular complexity index is 959. The third-order valence-corrected chi connectivity index (χ3v) is 4.52. The summed E-state index contributed by atoms with van der Waals surface area (Å²) in [7, 11) is 4.97. The molecule has 0 aliphatic carbocycles. The summed E-state index contributed by atoms with van der Waals surface area (Å²) in [6.45, 7) is 0.729. The second-order valence-electron chi connectivity index (χ2n) is 5.95. The number of hydrogen-bond acceptors (Lipinski definition) is 3. The number of aliphatic imine (C=N–C) groups is 1. The molecule has 1 aromatic heterocycles. The first-order valence-electron chi connectivity index (χ1n) is 8.60. The summed E-state index contributed by atoms with van der Waals surface area (Å²) in [5.74, 6) is 2.03. The van der Waals surface area contributed by atoms with Crippen molar-refractivity contribution in [2.45, 2.75) is 6.42 Å². The number of fused-ring (bicyclic) bond motifs is 1. The van der Waals surface area contributed by atoms with E-state index in [0.717, 1.165) is 34.6 Å². The quantitative estimate of drug-likeness (QED) is 0.254. The number of halogens is 2. The molecule has 0 fully saturated rings. The van der Waals surface area contributed by atoms with E-state index in [2.05, 4.69) is 20.6 Å². The van der Waals surface area contributed by atoms with Crippen molar-refractivity contribution in [1.29, 1.82) is 0 Å². The Kier molecular flexibility index (Phi) is 8.25. The number of H-pyrrole nitrogens is 1. The zero-order chi connectivity index (χ0) is 19.2. The van der Waals surface area contributed by atoms with E-state index in [4.69, 9.17) is 21.1 Å². The Morgan fingerprint density at radius 2 is 1.89 bits per heavy atom. The Hall–Kier alpha value is -2.13. The van der Waals surface area contributed by atoms with Gasteiger partial charge in [0.1, 0.15) is 0 Å². The highest BCUT2D eigenvalue weighted by molar-refractivity contribution is 14.0. The average molecular weight is 515 g/mol. The van der Waals surface area contributed by atoms with Crippen LogP contribution >= 0.6 is 35.6 Å². The van der Waals surface area contributed by atoms with E-state index in [1.807, 2.05) is 42.6 Å². The molecule has 28 heavy (non-hydrogen) atoms. The minimum atomic E-state index is 0. The van der Waals surface area contributed by atoms with Crippen LogP contribution in [0.3, 0.4) is 0 Å². The van der Waals surface area contributed by atoms with Gasteiger partial charge in [0.25, 0.3) is 0 Å². The van der Waals surface area contributed by atoms with Crippen LogP contribution in [0.5, 0.6) is 11.5 Å². The molecule has 3 N–H and O–H groups in total. The molecule has 0 unspecified atom stereocenters. The maximum absolute atomic E-state index is 6.11. The Morgan fingerprint density at radius 3 is 2.61 bits per heavy atom. The second-order valence-corrected chi connectivity index (χ2v) is 6.38. The lowest BCUT2D eigenvalue weighted by Crippen LogP contribution is -2.32. The molecule has 0 aliphatic heterocycles. The van der Waals surface area contributed by atoms with Gasteiger partial charge in [-0.25, -0.2) is 0 Å². The summed E-state index contributed by atoms with van der Waals surface area (Å²) >= 11 is 6.11. The Labute approximate surface area is 186 Å². The molecule has 0 saturated heterocycles. The van der Waals surface area contributed by atoms with Crippen molar-refractivity contribution in [3.05, 3.63) is 53.2 Å². The zero-order valence-electron chi connectivity index (χ0n) is 16.0. The molecule has 150 valence electrons. The maximum Gasteiger partial charge on any atom is 0.195 e. The molecule has 3 aromatic rings. The molecule has 1 heterocycles. The molecule has 0 bridgehead atoms. The molecule has 0 radical (unpaired) electrons. The van der Waals surface area contributed by atoms with Crippen molar-refractivity contribution < 1.29 is 9.47 Å². The molecule has 6 nitrogen and oxygen atoms in total. The Morgan fingerprint density at radius 1 is 1.11 bits per heavy atom. The number of ether oxygens (including phenoxy) is 2. The van der Waals surface area contributed by atoms with Crippen LogP contribution < -0.4 is 20.1 Å². The summed E-state index contributed by atoms with van der Waals surface area (Å²) < 4.78 is 10.6. The molecule has 0 saturated carbocycles. The lowest BCUT2D eigenvalue weighted by atomic mass is 10.1. The minimum Gasteiger partial charge on any atom is -0.493 e. The van der Waals surface area contributed by atoms with Crippen LogP contribution in [-0.2, 0) is 6.42 Å². The summed E-state index contributed by atoms with van der Waals surface area (Å²) in [6, 6.07) is 11.5. The fraction of sp³-hybridized carbons (Fsp3) is 0.250. The third-order valence-electron chi connectivity index (χ3n) is 4.29. The largest absolute Gasteiger partial charge is 0.493 e. The molecular formula is C20H24ClIN4O2. The number of anilines is 1. The topological polar surface area (TPSA) is 70.7 Å². The molecule has 8 heteroatoms. The fourth-order valence-electron chi connectivity index (χ4n) is 2.90. The molecule has 2 aromatic carbocycles. The van der Waals surface area contributed by atoms with Crippen LogP contribution in [0.1, 0.15) is 5.56 Å². The Balaban J connectivity index is 0.00000280. The maximum atomic E-state index is 6.11. The normalized spacial score (nSPS) is 11.1. The summed E-state index contributed by atoms with van der Waals surface area (Å²) in [5, 5.41) is 8.46. The van der Waals surface area contributed by atoms with Crippen LogP contribution in [0.25, 0.3) is 10.9 Å². The fourth-order valence-corrected chi connectivity index (χ4v) is 3.07. The van der Waals surface area contributed by atoms with Crippen molar-refractivity contribution in [3.8, 4) is 11.5 Å². The molecule has 0 spiro atoms. The lowest BCUT2D eigenvalue weighted by Gasteiger charge is -2.14. The van der Waals surface area contributed by atoms with E-state index >= 15 is 0 Å². The number of nitrogens with zero attached hydrogens (tertiary/aromatic N) is 1. The molecule has 0 atom stereocenters. The van der Waals surface area contributed by atoms with Gasteiger partial charge in [-0.05, 0) is 42.3 Å². The van der Waals surface area contributed by atoms with E-state index in [9.17, 15) is 0 Å². The van der Waals surface area contributed by atoms with Gasteiger partial charge in [0.2, 0.25) is 0 Å². The molecule has 0 aliphatic rings. The van der Waals surface area contributed by atoms with Gasteiger partial charge in [0.05, 0.1) is 14.2 Å². The summed E-state index contributed by atoms with van der Waals surface area (Å²) in [5.41, 5.74) is 3.16. The highest BCUT2D eigenvalue weighted by Gasteiger charge is 2.07. The first-order valence-corrected chi connectivity index (χ1v) is 8.97. The van der Waals surface area contributed by atoms with Crippen LogP contribution in [0.2, 0.25) is 5.02 Å². The average Bonchev–Trinajstić information content (AvgIpc) is 3.09. The lowest BCUT2D eigenvalue weighted by molar-refractivity contribution is 0.355. The summed E-state index contributed by atoms with van der Waals surface area (Å²) in [4.78, 5) is 7.54. The standard InChI is InChI=1S/C20H23ClN4O2.HI/c1-22-20(25-15-5-7-18(26-2)19(11-15)27-3)23-9-8-13-12-24-17-6-4-14(21)10-16(13)17;/h4-7,10-12,24H,8-9H2,1-3H3,(H2,22,23,25);1H. The third kappa shape index (κ3) is 5.23. The number of nitrogens with one attached hydrogen (secondary N) is 3. The van der Waals surface area contributed by atoms with E-state index < -0.39 is 0 Å². The van der Waals surface area contributed by atoms with Crippen LogP contribution in [-0.4, -0.2) is 38.8 Å². The van der Waals surface area contributed by atoms with Gasteiger partial charge < -0.3 is 25.1 Å². The van der Waals surface area contributed by atoms with Gasteiger partial charge in [-0.3, -0.25) is 4.99 Å². The highest BCUT2D eigenvalue weighted by Crippen LogP contribution is 2.29. The first kappa shape index (κ1) is 22.2. The van der Waals surface area contributed by atoms with E-state index in [1.165, 1.54) is 5.56 Å². The highest BCUT2D eigenvalue weighted by atomic mass is 127. The van der Waals surface area contributed by atoms with Crippen LogP contribution in [0.4, 0.5) is 5.69 Å². The predicted molar refractivity (Wildman–Crippen MR) is 127 cm³/mol. The summed E-state index contributed by atoms with van der Waals surface area (Å²) in [6.07, 6.45) is 2.86. The number of benzene rings is 2. The van der Waals surface area contributed by atoms with E-state index in [-0.39, 0.29) is 24.0 Å². The predicted octanol–water partition coefficient (Wildman–Crippen LogP) is 4.69. The van der Waals surface area contributed by atoms with E-state index in [0.29, 0.717) is 17.5 Å². The van der Waals surface area contributed by atoms with Crippen molar-refractivity contribution >= 4 is 58.1 Å². The van der Waals surface area contributed by atoms with Crippen LogP contribution in [0, 0.1) is 0 Å². The van der Waals surface area contributed by atoms with Gasteiger partial charge in [-0.15, -0.1) is 24.0 Å². The van der Waals surface area contributed by atoms with Gasteiger partial charge >= 0.3 is 0 Å². The monoisotopic (exact) mass is 514 g/mol. The van der Waals surface area contributed by atoms with Crippen LogP contribution in [0.15, 0.2) is 47.6 Å². The number of rotatable bonds is 6. The number of methoxy groups -OCH3 is 2. The zero-order valence-corrected chi connectivity index (χ0v) is 19.1. The van der Waals surface area contributed by atoms with Crippen molar-refractivity contribution in [3.63, 3.8) is 0 Å². The first-order chi connectivity index (χ1) is 13.1. The second kappa shape index (κ2) is 10.4. The van der Waals surface area contributed by atoms with Crippen molar-refractivity contribution in [1.82, 2.24) is 10.3 Å². The number of aromatic amines is 1. The molecular weight excluding hydrogens is 491 g/mol. The SMILES string of the molecule is CN=C(NCCc1c[nH]c2ccc(Cl)cc12)Nc1ccc(OC)c(OC)c1.I. The molecule has 0 amide bonds.